The van der Waals surface area contributed by atoms with Gasteiger partial charge < -0.3 is 16.0 Å². The second-order valence-corrected chi connectivity index (χ2v) is 7.66. The molecule has 1 aliphatic heterocycles. The molecule has 0 aliphatic carbocycles. The topological polar surface area (TPSA) is 53.6 Å². The minimum absolute atomic E-state index is 0.0928. The minimum Gasteiger partial charge on any atom is -0.370 e. The number of guanidine groups is 1. The minimum atomic E-state index is -0.0928. The molecule has 0 radical (unpaired) electrons. The first-order valence-electron chi connectivity index (χ1n) is 7.93. The van der Waals surface area contributed by atoms with E-state index in [-0.39, 0.29) is 5.54 Å². The summed E-state index contributed by atoms with van der Waals surface area (Å²) < 4.78 is 0. The van der Waals surface area contributed by atoms with Crippen LogP contribution in [-0.2, 0) is 0 Å². The molecule has 1 unspecified atom stereocenters. The van der Waals surface area contributed by atoms with E-state index in [9.17, 15) is 0 Å². The van der Waals surface area contributed by atoms with Crippen LogP contribution in [0.5, 0.6) is 0 Å². The Hall–Kier alpha value is -1.20. The zero-order chi connectivity index (χ0) is 16.0. The molecule has 0 amide bonds. The Morgan fingerprint density at radius 1 is 1.32 bits per heavy atom. The predicted octanol–water partition coefficient (Wildman–Crippen LogP) is 2.48. The molecule has 1 aromatic rings. The van der Waals surface area contributed by atoms with Gasteiger partial charge in [-0.2, -0.15) is 11.8 Å². The Balaban J connectivity index is 1.89. The van der Waals surface area contributed by atoms with Crippen LogP contribution >= 0.6 is 11.8 Å². The van der Waals surface area contributed by atoms with Crippen LogP contribution in [0.4, 0.5) is 0 Å². The smallest absolute Gasteiger partial charge is 0.191 e. The number of hydrogen-bond acceptors (Lipinski definition) is 3. The highest BCUT2D eigenvalue weighted by Crippen LogP contribution is 2.16. The van der Waals surface area contributed by atoms with Gasteiger partial charge in [0.05, 0.1) is 6.54 Å². The third-order valence-corrected chi connectivity index (χ3v) is 4.82. The molecule has 1 aromatic carbocycles. The molecule has 1 atom stereocenters. The Kier molecular flexibility index (Phi) is 6.15. The molecule has 0 saturated carbocycles. The predicted molar refractivity (Wildman–Crippen MR) is 97.5 cm³/mol. The third-order valence-electron chi connectivity index (χ3n) is 3.88. The van der Waals surface area contributed by atoms with Gasteiger partial charge in [0.25, 0.3) is 0 Å². The fraction of sp³-hybridized carbons (Fsp3) is 0.588. The van der Waals surface area contributed by atoms with Crippen molar-refractivity contribution >= 4 is 17.7 Å². The Labute approximate surface area is 138 Å². The van der Waals surface area contributed by atoms with Crippen molar-refractivity contribution in [3.63, 3.8) is 0 Å². The van der Waals surface area contributed by atoms with Crippen LogP contribution in [0.25, 0.3) is 0 Å². The van der Waals surface area contributed by atoms with Crippen molar-refractivity contribution in [3.05, 3.63) is 35.9 Å². The zero-order valence-corrected chi connectivity index (χ0v) is 14.7. The van der Waals surface area contributed by atoms with E-state index in [4.69, 9.17) is 5.73 Å². The molecule has 1 fully saturated rings. The van der Waals surface area contributed by atoms with Crippen molar-refractivity contribution in [2.45, 2.75) is 32.4 Å². The molecule has 2 rings (SSSR count). The maximum Gasteiger partial charge on any atom is 0.191 e. The number of nitrogens with two attached hydrogens (primary N) is 1. The number of nitrogens with one attached hydrogen (secondary N) is 1. The molecule has 0 bridgehead atoms. The summed E-state index contributed by atoms with van der Waals surface area (Å²) in [6.45, 7) is 9.23. The monoisotopic (exact) mass is 320 g/mol. The summed E-state index contributed by atoms with van der Waals surface area (Å²) in [7, 11) is 0. The van der Waals surface area contributed by atoms with Crippen molar-refractivity contribution in [3.8, 4) is 0 Å². The number of hydrogen-bond donors (Lipinski definition) is 2. The standard InChI is InChI=1S/C17H28N4S/c1-14(15-7-5-4-6-8-15)20-17(2,3)13-19-16(18)21-9-11-22-12-10-21/h4-8,14,20H,9-13H2,1-3H3,(H2,18,19). The molecule has 122 valence electrons. The fourth-order valence-electron chi connectivity index (χ4n) is 2.63. The summed E-state index contributed by atoms with van der Waals surface area (Å²) in [5, 5.41) is 3.65. The van der Waals surface area contributed by atoms with Crippen molar-refractivity contribution in [2.24, 2.45) is 10.7 Å². The average molecular weight is 321 g/mol. The van der Waals surface area contributed by atoms with Gasteiger partial charge in [0.2, 0.25) is 0 Å². The van der Waals surface area contributed by atoms with Crippen molar-refractivity contribution < 1.29 is 0 Å². The molecule has 22 heavy (non-hydrogen) atoms. The quantitative estimate of drug-likeness (QED) is 0.646. The van der Waals surface area contributed by atoms with Crippen LogP contribution in [0.15, 0.2) is 35.3 Å². The molecule has 0 aromatic heterocycles. The summed E-state index contributed by atoms with van der Waals surface area (Å²) in [6, 6.07) is 10.8. The first-order chi connectivity index (χ1) is 10.5. The Morgan fingerprint density at radius 2 is 1.95 bits per heavy atom. The summed E-state index contributed by atoms with van der Waals surface area (Å²) >= 11 is 1.98. The summed E-state index contributed by atoms with van der Waals surface area (Å²) in [6.07, 6.45) is 0. The molecule has 3 N–H and O–H groups in total. The van der Waals surface area contributed by atoms with Gasteiger partial charge in [-0.15, -0.1) is 0 Å². The van der Waals surface area contributed by atoms with Crippen LogP contribution in [-0.4, -0.2) is 47.5 Å². The molecule has 0 spiro atoms. The maximum atomic E-state index is 6.14. The van der Waals surface area contributed by atoms with Gasteiger partial charge in [0.15, 0.2) is 5.96 Å². The van der Waals surface area contributed by atoms with E-state index in [1.807, 2.05) is 17.8 Å². The lowest BCUT2D eigenvalue weighted by Crippen LogP contribution is -2.46. The summed E-state index contributed by atoms with van der Waals surface area (Å²) in [5.74, 6) is 2.97. The maximum absolute atomic E-state index is 6.14. The van der Waals surface area contributed by atoms with E-state index in [2.05, 4.69) is 60.2 Å². The van der Waals surface area contributed by atoms with Gasteiger partial charge >= 0.3 is 0 Å². The van der Waals surface area contributed by atoms with E-state index in [0.717, 1.165) is 24.6 Å². The van der Waals surface area contributed by atoms with Crippen LogP contribution < -0.4 is 11.1 Å². The van der Waals surface area contributed by atoms with Crippen molar-refractivity contribution in [2.75, 3.05) is 31.1 Å². The fourth-order valence-corrected chi connectivity index (χ4v) is 3.53. The number of rotatable bonds is 5. The van der Waals surface area contributed by atoms with Crippen LogP contribution in [0.2, 0.25) is 0 Å². The lowest BCUT2D eigenvalue weighted by atomic mass is 10.0. The largest absolute Gasteiger partial charge is 0.370 e. The highest BCUT2D eigenvalue weighted by molar-refractivity contribution is 7.99. The van der Waals surface area contributed by atoms with E-state index in [1.165, 1.54) is 5.56 Å². The highest BCUT2D eigenvalue weighted by atomic mass is 32.2. The molecule has 1 saturated heterocycles. The molecular formula is C17H28N4S. The lowest BCUT2D eigenvalue weighted by Gasteiger charge is -2.31. The summed E-state index contributed by atoms with van der Waals surface area (Å²) in [4.78, 5) is 6.80. The van der Waals surface area contributed by atoms with Crippen molar-refractivity contribution in [1.82, 2.24) is 10.2 Å². The molecular weight excluding hydrogens is 292 g/mol. The molecule has 1 heterocycles. The average Bonchev–Trinajstić information content (AvgIpc) is 2.54. The molecule has 5 heteroatoms. The number of benzene rings is 1. The van der Waals surface area contributed by atoms with E-state index < -0.39 is 0 Å². The molecule has 1 aliphatic rings. The number of aliphatic imine (C=N–C) groups is 1. The number of nitrogens with zero attached hydrogens (tertiary/aromatic N) is 2. The summed E-state index contributed by atoms with van der Waals surface area (Å²) in [5.41, 5.74) is 7.34. The van der Waals surface area contributed by atoms with E-state index >= 15 is 0 Å². The van der Waals surface area contributed by atoms with Crippen LogP contribution in [0.1, 0.15) is 32.4 Å². The van der Waals surface area contributed by atoms with Crippen LogP contribution in [0, 0.1) is 0 Å². The molecule has 4 nitrogen and oxygen atoms in total. The van der Waals surface area contributed by atoms with E-state index in [1.54, 1.807) is 0 Å². The second kappa shape index (κ2) is 7.88. The first kappa shape index (κ1) is 17.2. The Morgan fingerprint density at radius 3 is 2.59 bits per heavy atom. The van der Waals surface area contributed by atoms with Gasteiger partial charge in [0.1, 0.15) is 0 Å². The third kappa shape index (κ3) is 5.21. The first-order valence-corrected chi connectivity index (χ1v) is 9.09. The highest BCUT2D eigenvalue weighted by Gasteiger charge is 2.21. The SMILES string of the molecule is CC(NC(C)(C)CN=C(N)N1CCSCC1)c1ccccc1. The normalized spacial score (nSPS) is 18.3. The van der Waals surface area contributed by atoms with Crippen molar-refractivity contribution in [1.29, 1.82) is 0 Å². The van der Waals surface area contributed by atoms with Gasteiger partial charge in [-0.3, -0.25) is 4.99 Å². The Bertz CT molecular complexity index is 481. The van der Waals surface area contributed by atoms with Crippen LogP contribution in [0.3, 0.4) is 0 Å². The van der Waals surface area contributed by atoms with Gasteiger partial charge in [0, 0.05) is 36.2 Å². The lowest BCUT2D eigenvalue weighted by molar-refractivity contribution is 0.354. The zero-order valence-electron chi connectivity index (χ0n) is 13.9. The number of thioether (sulfide) groups is 1. The van der Waals surface area contributed by atoms with Gasteiger partial charge in [-0.1, -0.05) is 30.3 Å². The van der Waals surface area contributed by atoms with Gasteiger partial charge in [-0.05, 0) is 26.3 Å². The second-order valence-electron chi connectivity index (χ2n) is 6.43. The van der Waals surface area contributed by atoms with E-state index in [0.29, 0.717) is 18.5 Å². The van der Waals surface area contributed by atoms with Gasteiger partial charge in [-0.25, -0.2) is 0 Å².